The van der Waals surface area contributed by atoms with Crippen molar-refractivity contribution in [3.63, 3.8) is 0 Å². The Labute approximate surface area is 77.2 Å². The van der Waals surface area contributed by atoms with Crippen LogP contribution in [0.15, 0.2) is 29.6 Å². The van der Waals surface area contributed by atoms with Gasteiger partial charge in [-0.2, -0.15) is 0 Å². The minimum atomic E-state index is 0. The number of rotatable bonds is 0. The van der Waals surface area contributed by atoms with E-state index in [-0.39, 0.29) is 24.8 Å². The van der Waals surface area contributed by atoms with Gasteiger partial charge < -0.3 is 9.77 Å². The monoisotopic (exact) mass is 196 g/mol. The average molecular weight is 197 g/mol. The van der Waals surface area contributed by atoms with Gasteiger partial charge >= 0.3 is 0 Å². The summed E-state index contributed by atoms with van der Waals surface area (Å²) >= 11 is 0. The number of hydrogen-bond donors (Lipinski definition) is 1. The Bertz CT molecular complexity index is 259. The van der Waals surface area contributed by atoms with Crippen molar-refractivity contribution in [1.82, 2.24) is 4.57 Å². The van der Waals surface area contributed by atoms with E-state index in [1.807, 2.05) is 25.4 Å². The maximum Gasteiger partial charge on any atom is 0.171 e. The van der Waals surface area contributed by atoms with Crippen LogP contribution in [-0.4, -0.2) is 9.77 Å². The fourth-order valence-corrected chi connectivity index (χ4v) is 0.618. The summed E-state index contributed by atoms with van der Waals surface area (Å²) in [6.45, 7) is 0. The van der Waals surface area contributed by atoms with Crippen molar-refractivity contribution in [1.29, 1.82) is 0 Å². The summed E-state index contributed by atoms with van der Waals surface area (Å²) in [4.78, 5) is 0. The van der Waals surface area contributed by atoms with E-state index in [1.165, 1.54) is 0 Å². The molecule has 0 aliphatic carbocycles. The molecule has 0 atom stereocenters. The Morgan fingerprint density at radius 3 is 2.36 bits per heavy atom. The van der Waals surface area contributed by atoms with Crippen LogP contribution in [0.4, 0.5) is 0 Å². The van der Waals surface area contributed by atoms with E-state index in [2.05, 4.69) is 5.16 Å². The second kappa shape index (κ2) is 6.07. The number of halogens is 2. The first-order valence-corrected chi connectivity index (χ1v) is 2.64. The highest BCUT2D eigenvalue weighted by Gasteiger charge is 1.79. The quantitative estimate of drug-likeness (QED) is 0.491. The van der Waals surface area contributed by atoms with Gasteiger partial charge in [0.2, 0.25) is 0 Å². The van der Waals surface area contributed by atoms with Gasteiger partial charge in [-0.3, -0.25) is 0 Å². The maximum atomic E-state index is 8.32. The highest BCUT2D eigenvalue weighted by molar-refractivity contribution is 5.85. The molecule has 0 spiro atoms. The van der Waals surface area contributed by atoms with E-state index in [4.69, 9.17) is 5.21 Å². The molecule has 3 nitrogen and oxygen atoms in total. The van der Waals surface area contributed by atoms with Crippen LogP contribution in [0.1, 0.15) is 0 Å². The molecule has 1 heterocycles. The Balaban J connectivity index is 0. The smallest absolute Gasteiger partial charge is 0.171 e. The number of pyridine rings is 1. The minimum absolute atomic E-state index is 0. The molecule has 0 saturated heterocycles. The molecule has 0 amide bonds. The Hall–Kier alpha value is -0.670. The van der Waals surface area contributed by atoms with Crippen molar-refractivity contribution in [2.75, 3.05) is 0 Å². The fraction of sp³-hybridized carbons (Fsp3) is 0.167. The van der Waals surface area contributed by atoms with Crippen LogP contribution < -0.4 is 5.49 Å². The van der Waals surface area contributed by atoms with Gasteiger partial charge in [0.1, 0.15) is 0 Å². The highest BCUT2D eigenvalue weighted by Crippen LogP contribution is 1.74. The van der Waals surface area contributed by atoms with Gasteiger partial charge in [0.25, 0.3) is 0 Å². The summed E-state index contributed by atoms with van der Waals surface area (Å²) in [7, 11) is 1.81. The van der Waals surface area contributed by atoms with Crippen molar-refractivity contribution in [2.24, 2.45) is 12.2 Å². The highest BCUT2D eigenvalue weighted by atomic mass is 35.5. The molecule has 0 aliphatic rings. The molecule has 0 saturated carbocycles. The molecule has 0 bridgehead atoms. The minimum Gasteiger partial charge on any atom is -0.409 e. The number of aryl methyl sites for hydroxylation is 1. The Morgan fingerprint density at radius 2 is 2.00 bits per heavy atom. The molecule has 0 unspecified atom stereocenters. The van der Waals surface area contributed by atoms with Crippen molar-refractivity contribution >= 4 is 24.8 Å². The predicted molar refractivity (Wildman–Crippen MR) is 47.3 cm³/mol. The third kappa shape index (κ3) is 3.30. The number of hydrogen-bond acceptors (Lipinski definition) is 2. The molecule has 0 aliphatic heterocycles. The van der Waals surface area contributed by atoms with E-state index in [1.54, 1.807) is 10.6 Å². The number of nitrogens with zero attached hydrogens (tertiary/aromatic N) is 2. The van der Waals surface area contributed by atoms with Crippen molar-refractivity contribution in [3.05, 3.63) is 29.9 Å². The zero-order chi connectivity index (χ0) is 6.69. The van der Waals surface area contributed by atoms with Gasteiger partial charge in [0.15, 0.2) is 5.49 Å². The van der Waals surface area contributed by atoms with E-state index >= 15 is 0 Å². The third-order valence-electron chi connectivity index (χ3n) is 1.13. The summed E-state index contributed by atoms with van der Waals surface area (Å²) in [5.41, 5.74) is 0.553. The molecule has 1 N–H and O–H groups in total. The van der Waals surface area contributed by atoms with Crippen LogP contribution in [0, 0.1) is 0 Å². The third-order valence-corrected chi connectivity index (χ3v) is 1.13. The normalized spacial score (nSPS) is 9.73. The molecule has 0 fully saturated rings. The standard InChI is InChI=1S/C6H8N2O.2ClH/c1-8-5-3-2-4-6(8)7-9;;/h2-5,9H,1H3;2*1H. The number of aromatic nitrogens is 1. The lowest BCUT2D eigenvalue weighted by atomic mass is 10.5. The van der Waals surface area contributed by atoms with Crippen LogP contribution in [0.5, 0.6) is 0 Å². The van der Waals surface area contributed by atoms with Crippen LogP contribution in [0.3, 0.4) is 0 Å². The van der Waals surface area contributed by atoms with Gasteiger partial charge in [-0.15, -0.1) is 24.8 Å². The second-order valence-electron chi connectivity index (χ2n) is 1.77. The van der Waals surface area contributed by atoms with Gasteiger partial charge in [-0.25, -0.2) is 0 Å². The molecule has 64 valence electrons. The molecule has 1 rings (SSSR count). The predicted octanol–water partition coefficient (Wildman–Crippen LogP) is 1.16. The second-order valence-corrected chi connectivity index (χ2v) is 1.77. The van der Waals surface area contributed by atoms with Gasteiger partial charge in [0, 0.05) is 13.2 Å². The van der Waals surface area contributed by atoms with Gasteiger partial charge in [-0.1, -0.05) is 11.2 Å². The van der Waals surface area contributed by atoms with E-state index in [9.17, 15) is 0 Å². The zero-order valence-corrected chi connectivity index (χ0v) is 7.60. The molecule has 5 heteroatoms. The van der Waals surface area contributed by atoms with Crippen molar-refractivity contribution in [3.8, 4) is 0 Å². The summed E-state index contributed by atoms with van der Waals surface area (Å²) in [6, 6.07) is 5.41. The first-order valence-electron chi connectivity index (χ1n) is 2.64. The maximum absolute atomic E-state index is 8.32. The zero-order valence-electron chi connectivity index (χ0n) is 5.97. The molecule has 1 aromatic heterocycles. The lowest BCUT2D eigenvalue weighted by molar-refractivity contribution is 0.295. The molecule has 0 radical (unpaired) electrons. The summed E-state index contributed by atoms with van der Waals surface area (Å²) in [5.74, 6) is 0. The lowest BCUT2D eigenvalue weighted by Crippen LogP contribution is -2.15. The largest absolute Gasteiger partial charge is 0.409 e. The van der Waals surface area contributed by atoms with Crippen molar-refractivity contribution < 1.29 is 5.21 Å². The average Bonchev–Trinajstić information content (AvgIpc) is 1.89. The molecule has 1 aromatic rings. The van der Waals surface area contributed by atoms with Crippen LogP contribution in [-0.2, 0) is 7.05 Å². The summed E-state index contributed by atoms with van der Waals surface area (Å²) in [5, 5.41) is 11.4. The molecular weight excluding hydrogens is 187 g/mol. The van der Waals surface area contributed by atoms with Crippen LogP contribution >= 0.6 is 24.8 Å². The summed E-state index contributed by atoms with van der Waals surface area (Å²) in [6.07, 6.45) is 1.81. The van der Waals surface area contributed by atoms with E-state index in [0.717, 1.165) is 0 Å². The molecular formula is C6H10Cl2N2O. The molecule has 11 heavy (non-hydrogen) atoms. The fourth-order valence-electron chi connectivity index (χ4n) is 0.618. The van der Waals surface area contributed by atoms with Crippen molar-refractivity contribution in [2.45, 2.75) is 0 Å². The Morgan fingerprint density at radius 1 is 1.36 bits per heavy atom. The van der Waals surface area contributed by atoms with Crippen LogP contribution in [0.25, 0.3) is 0 Å². The van der Waals surface area contributed by atoms with Gasteiger partial charge in [0.05, 0.1) is 0 Å². The Kier molecular flexibility index (Phi) is 7.15. The first-order chi connectivity index (χ1) is 4.34. The lowest BCUT2D eigenvalue weighted by Gasteiger charge is -1.93. The van der Waals surface area contributed by atoms with Gasteiger partial charge in [-0.05, 0) is 12.1 Å². The first kappa shape index (κ1) is 13.0. The topological polar surface area (TPSA) is 37.5 Å². The summed E-state index contributed by atoms with van der Waals surface area (Å²) < 4.78 is 1.72. The van der Waals surface area contributed by atoms with E-state index in [0.29, 0.717) is 5.49 Å². The van der Waals surface area contributed by atoms with Crippen LogP contribution in [0.2, 0.25) is 0 Å². The SMILES string of the molecule is Cl.Cl.Cn1ccccc1=NO. The molecule has 0 aromatic carbocycles. The van der Waals surface area contributed by atoms with E-state index < -0.39 is 0 Å².